The Morgan fingerprint density at radius 1 is 1.21 bits per heavy atom. The SMILES string of the molecule is NC(=O)CONC(=O)c1cccc(-n2cccc2)c1. The van der Waals surface area contributed by atoms with Crippen molar-refractivity contribution < 1.29 is 14.4 Å². The minimum Gasteiger partial charge on any atom is -0.368 e. The van der Waals surface area contributed by atoms with Gasteiger partial charge in [0.15, 0.2) is 6.61 Å². The van der Waals surface area contributed by atoms with Gasteiger partial charge in [0.1, 0.15) is 0 Å². The molecule has 1 heterocycles. The van der Waals surface area contributed by atoms with Crippen LogP contribution in [0, 0.1) is 0 Å². The van der Waals surface area contributed by atoms with Crippen molar-refractivity contribution >= 4 is 11.8 Å². The van der Waals surface area contributed by atoms with E-state index < -0.39 is 11.8 Å². The van der Waals surface area contributed by atoms with Gasteiger partial charge in [-0.1, -0.05) is 6.07 Å². The summed E-state index contributed by atoms with van der Waals surface area (Å²) in [5.74, 6) is -1.09. The van der Waals surface area contributed by atoms with E-state index in [1.165, 1.54) is 0 Å². The number of hydrogen-bond acceptors (Lipinski definition) is 3. The van der Waals surface area contributed by atoms with Crippen LogP contribution in [0.4, 0.5) is 0 Å². The fourth-order valence-electron chi connectivity index (χ4n) is 1.55. The van der Waals surface area contributed by atoms with Crippen LogP contribution in [-0.4, -0.2) is 23.0 Å². The lowest BCUT2D eigenvalue weighted by molar-refractivity contribution is -0.124. The van der Waals surface area contributed by atoms with Crippen molar-refractivity contribution in [3.8, 4) is 5.69 Å². The van der Waals surface area contributed by atoms with Crippen LogP contribution in [0.2, 0.25) is 0 Å². The second-order valence-corrected chi connectivity index (χ2v) is 3.83. The van der Waals surface area contributed by atoms with Crippen LogP contribution in [0.5, 0.6) is 0 Å². The van der Waals surface area contributed by atoms with E-state index in [9.17, 15) is 9.59 Å². The smallest absolute Gasteiger partial charge is 0.274 e. The lowest BCUT2D eigenvalue weighted by atomic mass is 10.2. The van der Waals surface area contributed by atoms with Crippen molar-refractivity contribution in [2.75, 3.05) is 6.61 Å². The van der Waals surface area contributed by atoms with Crippen LogP contribution in [0.25, 0.3) is 5.69 Å². The number of rotatable bonds is 5. The number of amides is 2. The average molecular weight is 259 g/mol. The lowest BCUT2D eigenvalue weighted by Gasteiger charge is -2.07. The zero-order valence-corrected chi connectivity index (χ0v) is 10.1. The number of aromatic nitrogens is 1. The first-order chi connectivity index (χ1) is 9.16. The quantitative estimate of drug-likeness (QED) is 0.772. The van der Waals surface area contributed by atoms with Crippen molar-refractivity contribution in [2.24, 2.45) is 5.73 Å². The van der Waals surface area contributed by atoms with Gasteiger partial charge in [-0.05, 0) is 30.3 Å². The van der Waals surface area contributed by atoms with Crippen LogP contribution < -0.4 is 11.2 Å². The summed E-state index contributed by atoms with van der Waals surface area (Å²) in [4.78, 5) is 26.9. The third-order valence-corrected chi connectivity index (χ3v) is 2.39. The number of nitrogens with zero attached hydrogens (tertiary/aromatic N) is 1. The maximum atomic E-state index is 11.8. The molecule has 0 saturated heterocycles. The molecule has 0 atom stereocenters. The first kappa shape index (κ1) is 12.8. The summed E-state index contributed by atoms with van der Waals surface area (Å²) in [6.07, 6.45) is 3.75. The molecule has 1 aromatic heterocycles. The molecule has 2 rings (SSSR count). The molecule has 2 aromatic rings. The number of nitrogens with one attached hydrogen (secondary N) is 1. The first-order valence-corrected chi connectivity index (χ1v) is 5.60. The van der Waals surface area contributed by atoms with E-state index in [0.29, 0.717) is 5.56 Å². The highest BCUT2D eigenvalue weighted by Crippen LogP contribution is 2.10. The van der Waals surface area contributed by atoms with Gasteiger partial charge in [-0.2, -0.15) is 0 Å². The Kier molecular flexibility index (Phi) is 3.94. The first-order valence-electron chi connectivity index (χ1n) is 5.60. The van der Waals surface area contributed by atoms with E-state index in [4.69, 9.17) is 5.73 Å². The molecule has 6 heteroatoms. The van der Waals surface area contributed by atoms with E-state index in [-0.39, 0.29) is 6.61 Å². The molecule has 0 spiro atoms. The second kappa shape index (κ2) is 5.83. The zero-order valence-electron chi connectivity index (χ0n) is 10.1. The van der Waals surface area contributed by atoms with Crippen molar-refractivity contribution in [3.05, 3.63) is 54.4 Å². The topological polar surface area (TPSA) is 86.4 Å². The van der Waals surface area contributed by atoms with Crippen LogP contribution in [0.3, 0.4) is 0 Å². The molecule has 6 nitrogen and oxygen atoms in total. The molecule has 0 saturated carbocycles. The maximum Gasteiger partial charge on any atom is 0.274 e. The molecule has 0 bridgehead atoms. The summed E-state index contributed by atoms with van der Waals surface area (Å²) >= 11 is 0. The minimum absolute atomic E-state index is 0.358. The molecule has 0 unspecified atom stereocenters. The Hall–Kier alpha value is -2.60. The van der Waals surface area contributed by atoms with Gasteiger partial charge in [0, 0.05) is 23.6 Å². The van der Waals surface area contributed by atoms with Gasteiger partial charge in [-0.25, -0.2) is 5.48 Å². The Morgan fingerprint density at radius 2 is 1.95 bits per heavy atom. The molecule has 0 aliphatic carbocycles. The summed E-state index contributed by atoms with van der Waals surface area (Å²) in [5.41, 5.74) is 8.32. The van der Waals surface area contributed by atoms with Gasteiger partial charge in [0.05, 0.1) is 0 Å². The highest BCUT2D eigenvalue weighted by atomic mass is 16.7. The van der Waals surface area contributed by atoms with Gasteiger partial charge in [-0.3, -0.25) is 14.4 Å². The molecule has 0 aliphatic heterocycles. The van der Waals surface area contributed by atoms with Gasteiger partial charge in [0.25, 0.3) is 5.91 Å². The molecule has 0 aliphatic rings. The van der Waals surface area contributed by atoms with Gasteiger partial charge in [0.2, 0.25) is 5.91 Å². The predicted molar refractivity (Wildman–Crippen MR) is 68.4 cm³/mol. The minimum atomic E-state index is -0.651. The van der Waals surface area contributed by atoms with Gasteiger partial charge >= 0.3 is 0 Å². The van der Waals surface area contributed by atoms with Crippen LogP contribution >= 0.6 is 0 Å². The third-order valence-electron chi connectivity index (χ3n) is 2.39. The lowest BCUT2D eigenvalue weighted by Crippen LogP contribution is -2.29. The fraction of sp³-hybridized carbons (Fsp3) is 0.0769. The highest BCUT2D eigenvalue weighted by Gasteiger charge is 2.07. The normalized spacial score (nSPS) is 10.1. The molecular weight excluding hydrogens is 246 g/mol. The van der Waals surface area contributed by atoms with Crippen molar-refractivity contribution in [1.82, 2.24) is 10.0 Å². The number of hydroxylamine groups is 1. The monoisotopic (exact) mass is 259 g/mol. The van der Waals surface area contributed by atoms with Gasteiger partial charge < -0.3 is 10.3 Å². The Morgan fingerprint density at radius 3 is 2.63 bits per heavy atom. The van der Waals surface area contributed by atoms with Gasteiger partial charge in [-0.15, -0.1) is 0 Å². The van der Waals surface area contributed by atoms with E-state index in [0.717, 1.165) is 5.69 Å². The van der Waals surface area contributed by atoms with E-state index in [1.54, 1.807) is 18.2 Å². The zero-order chi connectivity index (χ0) is 13.7. The standard InChI is InChI=1S/C13H13N3O3/c14-12(17)9-19-15-13(18)10-4-3-5-11(8-10)16-6-1-2-7-16/h1-8H,9H2,(H2,14,17)(H,15,18). The van der Waals surface area contributed by atoms with Crippen molar-refractivity contribution in [2.45, 2.75) is 0 Å². The summed E-state index contributed by atoms with van der Waals surface area (Å²) in [6.45, 7) is -0.358. The Balaban J connectivity index is 2.06. The fourth-order valence-corrected chi connectivity index (χ4v) is 1.55. The molecule has 2 amide bonds. The maximum absolute atomic E-state index is 11.8. The van der Waals surface area contributed by atoms with Crippen LogP contribution in [0.1, 0.15) is 10.4 Å². The molecule has 1 aromatic carbocycles. The van der Waals surface area contributed by atoms with E-state index in [1.807, 2.05) is 35.2 Å². The summed E-state index contributed by atoms with van der Waals surface area (Å²) < 4.78 is 1.88. The Bertz CT molecular complexity index is 579. The van der Waals surface area contributed by atoms with E-state index >= 15 is 0 Å². The number of hydrogen-bond donors (Lipinski definition) is 2. The second-order valence-electron chi connectivity index (χ2n) is 3.83. The number of carbonyl (C=O) groups is 2. The molecule has 3 N–H and O–H groups in total. The molecule has 0 fully saturated rings. The number of nitrogens with two attached hydrogens (primary N) is 1. The largest absolute Gasteiger partial charge is 0.368 e. The summed E-state index contributed by atoms with van der Waals surface area (Å²) in [6, 6.07) is 10.8. The molecular formula is C13H13N3O3. The van der Waals surface area contributed by atoms with Crippen molar-refractivity contribution in [1.29, 1.82) is 0 Å². The Labute approximate surface area is 109 Å². The predicted octanol–water partition coefficient (Wildman–Crippen LogP) is 0.624. The summed E-state index contributed by atoms with van der Waals surface area (Å²) in [7, 11) is 0. The van der Waals surface area contributed by atoms with Crippen LogP contribution in [0.15, 0.2) is 48.8 Å². The highest BCUT2D eigenvalue weighted by molar-refractivity contribution is 5.94. The molecule has 19 heavy (non-hydrogen) atoms. The number of primary amides is 1. The summed E-state index contributed by atoms with van der Waals surface area (Å²) in [5, 5.41) is 0. The molecule has 0 radical (unpaired) electrons. The third kappa shape index (κ3) is 3.43. The average Bonchev–Trinajstić information content (AvgIpc) is 2.92. The number of benzene rings is 1. The molecule has 98 valence electrons. The van der Waals surface area contributed by atoms with E-state index in [2.05, 4.69) is 10.3 Å². The van der Waals surface area contributed by atoms with Crippen molar-refractivity contribution in [3.63, 3.8) is 0 Å². The van der Waals surface area contributed by atoms with Crippen LogP contribution in [-0.2, 0) is 9.63 Å². The number of carbonyl (C=O) groups excluding carboxylic acids is 2.